The molecular formula is C12H19BrN2O4S. The first-order valence-electron chi connectivity index (χ1n) is 6.46. The second-order valence-electron chi connectivity index (χ2n) is 4.42. The van der Waals surface area contributed by atoms with Crippen LogP contribution in [0.15, 0.2) is 4.47 Å². The second kappa shape index (κ2) is 6.71. The fourth-order valence-corrected chi connectivity index (χ4v) is 4.61. The van der Waals surface area contributed by atoms with Crippen molar-refractivity contribution >= 4 is 31.7 Å². The number of carboxylic acids is 1. The lowest BCUT2D eigenvalue weighted by molar-refractivity contribution is -0.136. The summed E-state index contributed by atoms with van der Waals surface area (Å²) < 4.78 is 26.8. The molecule has 0 aliphatic heterocycles. The average Bonchev–Trinajstić information content (AvgIpc) is 2.65. The summed E-state index contributed by atoms with van der Waals surface area (Å²) in [6, 6.07) is 0. The third-order valence-electron chi connectivity index (χ3n) is 3.11. The van der Waals surface area contributed by atoms with Crippen LogP contribution >= 0.6 is 15.9 Å². The largest absolute Gasteiger partial charge is 0.480 e. The predicted octanol–water partition coefficient (Wildman–Crippen LogP) is 2.01. The number of rotatable bonds is 7. The Hall–Kier alpha value is -0.890. The summed E-state index contributed by atoms with van der Waals surface area (Å²) in [6.07, 6.45) is 0.729. The minimum atomic E-state index is -3.77. The first-order chi connectivity index (χ1) is 9.28. The number of halogens is 1. The summed E-state index contributed by atoms with van der Waals surface area (Å²) in [5.41, 5.74) is 1.30. The molecule has 0 aliphatic rings. The van der Waals surface area contributed by atoms with E-state index in [0.29, 0.717) is 23.1 Å². The summed E-state index contributed by atoms with van der Waals surface area (Å²) >= 11 is 3.37. The van der Waals surface area contributed by atoms with Gasteiger partial charge in [0.15, 0.2) is 15.1 Å². The fourth-order valence-electron chi connectivity index (χ4n) is 2.03. The van der Waals surface area contributed by atoms with Gasteiger partial charge in [-0.2, -0.15) is 5.10 Å². The number of nitrogens with zero attached hydrogens (tertiary/aromatic N) is 2. The van der Waals surface area contributed by atoms with Gasteiger partial charge < -0.3 is 5.11 Å². The van der Waals surface area contributed by atoms with E-state index in [4.69, 9.17) is 5.11 Å². The molecule has 0 aromatic carbocycles. The molecule has 6 nitrogen and oxygen atoms in total. The van der Waals surface area contributed by atoms with Gasteiger partial charge in [0.05, 0.1) is 21.6 Å². The van der Waals surface area contributed by atoms with E-state index in [9.17, 15) is 13.2 Å². The molecule has 1 unspecified atom stereocenters. The predicted molar refractivity (Wildman–Crippen MR) is 79.3 cm³/mol. The number of carboxylic acid groups (broad SMARTS) is 1. The van der Waals surface area contributed by atoms with Gasteiger partial charge in [-0.15, -0.1) is 0 Å². The topological polar surface area (TPSA) is 89.3 Å². The molecule has 1 aromatic rings. The average molecular weight is 367 g/mol. The summed E-state index contributed by atoms with van der Waals surface area (Å²) in [6.45, 7) is 5.88. The molecule has 20 heavy (non-hydrogen) atoms. The van der Waals surface area contributed by atoms with Gasteiger partial charge in [-0.05, 0) is 35.7 Å². The summed E-state index contributed by atoms with van der Waals surface area (Å²) in [4.78, 5) is 11.1. The Balaban J connectivity index is 3.21. The minimum absolute atomic E-state index is 0.0518. The van der Waals surface area contributed by atoms with Crippen LogP contribution in [0.5, 0.6) is 0 Å². The Morgan fingerprint density at radius 2 is 2.00 bits per heavy atom. The van der Waals surface area contributed by atoms with Gasteiger partial charge in [0.25, 0.3) is 0 Å². The molecule has 114 valence electrons. The molecule has 1 N–H and O–H groups in total. The number of carbonyl (C=O) groups is 1. The zero-order valence-corrected chi connectivity index (χ0v) is 14.2. The lowest BCUT2D eigenvalue weighted by Gasteiger charge is -2.12. The minimum Gasteiger partial charge on any atom is -0.480 e. The molecule has 1 rings (SSSR count). The fraction of sp³-hybridized carbons (Fsp3) is 0.667. The Morgan fingerprint density at radius 3 is 2.40 bits per heavy atom. The third kappa shape index (κ3) is 3.41. The smallest absolute Gasteiger partial charge is 0.321 e. The van der Waals surface area contributed by atoms with Crippen LogP contribution in [0.25, 0.3) is 0 Å². The van der Waals surface area contributed by atoms with E-state index in [1.165, 1.54) is 0 Å². The van der Waals surface area contributed by atoms with Crippen molar-refractivity contribution in [3.8, 4) is 0 Å². The van der Waals surface area contributed by atoms with Crippen LogP contribution in [0.1, 0.15) is 38.6 Å². The summed E-state index contributed by atoms with van der Waals surface area (Å²) in [5.74, 6) is -1.62. The first-order valence-corrected chi connectivity index (χ1v) is 8.97. The van der Waals surface area contributed by atoms with Gasteiger partial charge in [-0.25, -0.2) is 8.42 Å². The molecule has 1 aromatic heterocycles. The maximum Gasteiger partial charge on any atom is 0.321 e. The van der Waals surface area contributed by atoms with Gasteiger partial charge in [0, 0.05) is 6.54 Å². The number of aliphatic carboxylic acids is 1. The van der Waals surface area contributed by atoms with Crippen molar-refractivity contribution in [3.05, 3.63) is 15.9 Å². The van der Waals surface area contributed by atoms with Gasteiger partial charge >= 0.3 is 5.97 Å². The van der Waals surface area contributed by atoms with Crippen molar-refractivity contribution in [1.82, 2.24) is 9.78 Å². The quantitative estimate of drug-likeness (QED) is 0.796. The van der Waals surface area contributed by atoms with Crippen molar-refractivity contribution < 1.29 is 18.3 Å². The number of hydrogen-bond acceptors (Lipinski definition) is 4. The highest BCUT2D eigenvalue weighted by atomic mass is 79.9. The lowest BCUT2D eigenvalue weighted by Crippen LogP contribution is -2.31. The van der Waals surface area contributed by atoms with Gasteiger partial charge in [-0.1, -0.05) is 13.8 Å². The molecule has 0 saturated carbocycles. The summed E-state index contributed by atoms with van der Waals surface area (Å²) in [7, 11) is -3.77. The number of aromatic nitrogens is 2. The van der Waals surface area contributed by atoms with Crippen LogP contribution in [0.3, 0.4) is 0 Å². The summed E-state index contributed by atoms with van der Waals surface area (Å²) in [5, 5.41) is 12.0. The molecule has 0 saturated heterocycles. The van der Waals surface area contributed by atoms with E-state index >= 15 is 0 Å². The highest BCUT2D eigenvalue weighted by molar-refractivity contribution is 9.10. The molecular weight excluding hydrogens is 348 g/mol. The number of hydrogen-bond donors (Lipinski definition) is 1. The highest BCUT2D eigenvalue weighted by Gasteiger charge is 2.33. The molecule has 1 heterocycles. The van der Waals surface area contributed by atoms with E-state index in [1.807, 2.05) is 13.8 Å². The lowest BCUT2D eigenvalue weighted by atomic mass is 10.3. The standard InChI is InChI=1S/C12H19BrN2O4S/c1-4-8-11(13)9(15(6-3)14-8)7-20(18,19)10(5-2)12(16)17/h10H,4-7H2,1-3H3,(H,16,17). The van der Waals surface area contributed by atoms with Crippen LogP contribution < -0.4 is 0 Å². The van der Waals surface area contributed by atoms with Crippen LogP contribution in [0.2, 0.25) is 0 Å². The molecule has 0 fully saturated rings. The molecule has 8 heteroatoms. The van der Waals surface area contributed by atoms with Gasteiger partial charge in [0.2, 0.25) is 0 Å². The SMILES string of the molecule is CCc1nn(CC)c(CS(=O)(=O)C(CC)C(=O)O)c1Br. The normalized spacial score (nSPS) is 13.4. The zero-order chi connectivity index (χ0) is 15.5. The van der Waals surface area contributed by atoms with Gasteiger partial charge in [-0.3, -0.25) is 9.48 Å². The van der Waals surface area contributed by atoms with Crippen LogP contribution in [-0.2, 0) is 33.4 Å². The molecule has 0 spiro atoms. The zero-order valence-electron chi connectivity index (χ0n) is 11.8. The van der Waals surface area contributed by atoms with E-state index < -0.39 is 21.1 Å². The Morgan fingerprint density at radius 1 is 1.40 bits per heavy atom. The van der Waals surface area contributed by atoms with Crippen molar-refractivity contribution in [2.24, 2.45) is 0 Å². The highest BCUT2D eigenvalue weighted by Crippen LogP contribution is 2.26. The molecule has 0 radical (unpaired) electrons. The van der Waals surface area contributed by atoms with E-state index in [1.54, 1.807) is 11.6 Å². The molecule has 0 bridgehead atoms. The second-order valence-corrected chi connectivity index (χ2v) is 7.40. The van der Waals surface area contributed by atoms with Crippen molar-refractivity contribution in [2.75, 3.05) is 0 Å². The van der Waals surface area contributed by atoms with E-state index in [0.717, 1.165) is 5.69 Å². The van der Waals surface area contributed by atoms with Crippen LogP contribution in [-0.4, -0.2) is 34.5 Å². The number of aryl methyl sites for hydroxylation is 2. The van der Waals surface area contributed by atoms with Crippen LogP contribution in [0.4, 0.5) is 0 Å². The third-order valence-corrected chi connectivity index (χ3v) is 6.10. The monoisotopic (exact) mass is 366 g/mol. The maximum atomic E-state index is 12.2. The van der Waals surface area contributed by atoms with Crippen molar-refractivity contribution in [3.63, 3.8) is 0 Å². The van der Waals surface area contributed by atoms with E-state index in [2.05, 4.69) is 21.0 Å². The Labute approximate surface area is 127 Å². The number of sulfone groups is 1. The van der Waals surface area contributed by atoms with Crippen molar-refractivity contribution in [1.29, 1.82) is 0 Å². The molecule has 0 amide bonds. The van der Waals surface area contributed by atoms with Gasteiger partial charge in [0.1, 0.15) is 0 Å². The van der Waals surface area contributed by atoms with Crippen molar-refractivity contribution in [2.45, 2.75) is 51.2 Å². The van der Waals surface area contributed by atoms with E-state index in [-0.39, 0.29) is 12.2 Å². The Kier molecular flexibility index (Phi) is 5.76. The Bertz CT molecular complexity index is 595. The first kappa shape index (κ1) is 17.2. The molecule has 1 atom stereocenters. The molecule has 0 aliphatic carbocycles. The maximum absolute atomic E-state index is 12.2. The van der Waals surface area contributed by atoms with Crippen LogP contribution in [0, 0.1) is 0 Å².